The standard InChI is InChI=1S/C24H25FN2O2/c1-16-20-8-4-6-10-22(20)27(15-17-7-3-5-9-21(17)25)23(16)24(28)26-18-11-13-19(29-2)14-12-18/h3,5,7,9,11-14H,4,6,8,10,15H2,1-2H3,(H,26,28). The van der Waals surface area contributed by atoms with Crippen molar-refractivity contribution < 1.29 is 13.9 Å². The van der Waals surface area contributed by atoms with E-state index in [1.54, 1.807) is 19.2 Å². The van der Waals surface area contributed by atoms with Crippen molar-refractivity contribution in [1.29, 1.82) is 0 Å². The zero-order valence-electron chi connectivity index (χ0n) is 16.8. The molecule has 0 unspecified atom stereocenters. The second-order valence-electron chi connectivity index (χ2n) is 7.47. The number of benzene rings is 2. The second kappa shape index (κ2) is 8.11. The maximum Gasteiger partial charge on any atom is 0.272 e. The number of hydrogen-bond donors (Lipinski definition) is 1. The van der Waals surface area contributed by atoms with Gasteiger partial charge in [-0.2, -0.15) is 0 Å². The number of rotatable bonds is 5. The first kappa shape index (κ1) is 19.2. The molecule has 3 aromatic rings. The Hall–Kier alpha value is -3.08. The van der Waals surface area contributed by atoms with Gasteiger partial charge in [-0.3, -0.25) is 4.79 Å². The Labute approximate surface area is 170 Å². The molecule has 1 aliphatic carbocycles. The van der Waals surface area contributed by atoms with E-state index in [0.29, 0.717) is 23.5 Å². The molecular weight excluding hydrogens is 367 g/mol. The third-order valence-electron chi connectivity index (χ3n) is 5.69. The van der Waals surface area contributed by atoms with Crippen LogP contribution in [0.25, 0.3) is 0 Å². The van der Waals surface area contributed by atoms with E-state index < -0.39 is 0 Å². The summed E-state index contributed by atoms with van der Waals surface area (Å²) in [7, 11) is 1.61. The molecule has 0 bridgehead atoms. The van der Waals surface area contributed by atoms with Crippen LogP contribution >= 0.6 is 0 Å². The van der Waals surface area contributed by atoms with Crippen molar-refractivity contribution in [2.45, 2.75) is 39.2 Å². The van der Waals surface area contributed by atoms with E-state index >= 15 is 0 Å². The number of methoxy groups -OCH3 is 1. The van der Waals surface area contributed by atoms with Gasteiger partial charge >= 0.3 is 0 Å². The highest BCUT2D eigenvalue weighted by molar-refractivity contribution is 6.04. The van der Waals surface area contributed by atoms with Gasteiger partial charge in [-0.15, -0.1) is 0 Å². The summed E-state index contributed by atoms with van der Waals surface area (Å²) in [5, 5.41) is 2.99. The Balaban J connectivity index is 1.72. The van der Waals surface area contributed by atoms with Crippen LogP contribution in [0.15, 0.2) is 48.5 Å². The van der Waals surface area contributed by atoms with Gasteiger partial charge in [0, 0.05) is 16.9 Å². The van der Waals surface area contributed by atoms with Gasteiger partial charge in [0.2, 0.25) is 0 Å². The van der Waals surface area contributed by atoms with Crippen LogP contribution in [0.1, 0.15) is 45.7 Å². The lowest BCUT2D eigenvalue weighted by Crippen LogP contribution is -2.20. The third-order valence-corrected chi connectivity index (χ3v) is 5.69. The first-order valence-electron chi connectivity index (χ1n) is 9.98. The molecule has 5 heteroatoms. The number of fused-ring (bicyclic) bond motifs is 1. The molecule has 1 aromatic heterocycles. The molecule has 1 amide bonds. The average molecular weight is 392 g/mol. The molecule has 2 aromatic carbocycles. The highest BCUT2D eigenvalue weighted by atomic mass is 19.1. The summed E-state index contributed by atoms with van der Waals surface area (Å²) in [5.41, 5.74) is 5.32. The number of ether oxygens (including phenoxy) is 1. The van der Waals surface area contributed by atoms with Crippen LogP contribution in [0.2, 0.25) is 0 Å². The number of nitrogens with zero attached hydrogens (tertiary/aromatic N) is 1. The zero-order chi connectivity index (χ0) is 20.4. The average Bonchev–Trinajstić information content (AvgIpc) is 3.02. The lowest BCUT2D eigenvalue weighted by molar-refractivity contribution is 0.101. The van der Waals surface area contributed by atoms with Crippen LogP contribution < -0.4 is 10.1 Å². The highest BCUT2D eigenvalue weighted by Crippen LogP contribution is 2.31. The van der Waals surface area contributed by atoms with Crippen LogP contribution in [0, 0.1) is 12.7 Å². The monoisotopic (exact) mass is 392 g/mol. The van der Waals surface area contributed by atoms with Gasteiger partial charge in [0.1, 0.15) is 17.3 Å². The molecule has 1 heterocycles. The van der Waals surface area contributed by atoms with Crippen LogP contribution in [0.4, 0.5) is 10.1 Å². The largest absolute Gasteiger partial charge is 0.497 e. The van der Waals surface area contributed by atoms with E-state index in [-0.39, 0.29) is 11.7 Å². The maximum absolute atomic E-state index is 14.3. The third kappa shape index (κ3) is 3.77. The Morgan fingerprint density at radius 3 is 2.55 bits per heavy atom. The number of amides is 1. The quantitative estimate of drug-likeness (QED) is 0.655. The van der Waals surface area contributed by atoms with E-state index in [1.165, 1.54) is 11.6 Å². The molecule has 4 rings (SSSR count). The summed E-state index contributed by atoms with van der Waals surface area (Å²) in [5.74, 6) is 0.320. The summed E-state index contributed by atoms with van der Waals surface area (Å²) in [6, 6.07) is 14.0. The minimum absolute atomic E-state index is 0.168. The van der Waals surface area contributed by atoms with Crippen molar-refractivity contribution >= 4 is 11.6 Å². The molecule has 0 spiro atoms. The van der Waals surface area contributed by atoms with E-state index in [0.717, 1.165) is 42.7 Å². The fourth-order valence-corrected chi connectivity index (χ4v) is 4.20. The van der Waals surface area contributed by atoms with Crippen LogP contribution in [-0.2, 0) is 19.4 Å². The smallest absolute Gasteiger partial charge is 0.272 e. The summed E-state index contributed by atoms with van der Waals surface area (Å²) in [6.45, 7) is 2.36. The highest BCUT2D eigenvalue weighted by Gasteiger charge is 2.26. The van der Waals surface area contributed by atoms with Crippen LogP contribution in [0.3, 0.4) is 0 Å². The van der Waals surface area contributed by atoms with Gasteiger partial charge in [0.25, 0.3) is 5.91 Å². The van der Waals surface area contributed by atoms with Gasteiger partial charge in [-0.05, 0) is 74.1 Å². The van der Waals surface area contributed by atoms with Crippen molar-refractivity contribution in [3.05, 3.63) is 82.4 Å². The van der Waals surface area contributed by atoms with Gasteiger partial charge in [0.15, 0.2) is 0 Å². The molecule has 0 saturated carbocycles. The van der Waals surface area contributed by atoms with Crippen LogP contribution in [0.5, 0.6) is 5.75 Å². The summed E-state index contributed by atoms with van der Waals surface area (Å²) >= 11 is 0. The lowest BCUT2D eigenvalue weighted by Gasteiger charge is -2.17. The van der Waals surface area contributed by atoms with Crippen LogP contribution in [-0.4, -0.2) is 17.6 Å². The van der Waals surface area contributed by atoms with Crippen molar-refractivity contribution in [3.63, 3.8) is 0 Å². The first-order chi connectivity index (χ1) is 14.1. The molecule has 0 atom stereocenters. The molecule has 29 heavy (non-hydrogen) atoms. The predicted molar refractivity (Wildman–Crippen MR) is 112 cm³/mol. The van der Waals surface area contributed by atoms with E-state index in [1.807, 2.05) is 41.8 Å². The Kier molecular flexibility index (Phi) is 5.38. The number of carbonyl (C=O) groups excluding carboxylic acids is 1. The second-order valence-corrected chi connectivity index (χ2v) is 7.47. The van der Waals surface area contributed by atoms with Crippen molar-refractivity contribution in [3.8, 4) is 5.75 Å². The maximum atomic E-state index is 14.3. The number of nitrogens with one attached hydrogen (secondary N) is 1. The molecule has 0 aliphatic heterocycles. The van der Waals surface area contributed by atoms with Crippen molar-refractivity contribution in [2.75, 3.05) is 12.4 Å². The Morgan fingerprint density at radius 2 is 1.83 bits per heavy atom. The summed E-state index contributed by atoms with van der Waals surface area (Å²) < 4.78 is 21.5. The minimum atomic E-state index is -0.245. The molecule has 1 aliphatic rings. The summed E-state index contributed by atoms with van der Waals surface area (Å²) in [6.07, 6.45) is 4.10. The Morgan fingerprint density at radius 1 is 1.10 bits per heavy atom. The Bertz CT molecular complexity index is 1040. The fourth-order valence-electron chi connectivity index (χ4n) is 4.20. The van der Waals surface area contributed by atoms with Gasteiger partial charge in [0.05, 0.1) is 13.7 Å². The number of carbonyl (C=O) groups is 1. The number of hydrogen-bond acceptors (Lipinski definition) is 2. The molecule has 4 nitrogen and oxygen atoms in total. The lowest BCUT2D eigenvalue weighted by atomic mass is 9.95. The SMILES string of the molecule is COc1ccc(NC(=O)c2c(C)c3c(n2Cc2ccccc2F)CCCC3)cc1. The number of halogens is 1. The normalized spacial score (nSPS) is 13.1. The van der Waals surface area contributed by atoms with E-state index in [2.05, 4.69) is 5.32 Å². The molecule has 0 saturated heterocycles. The van der Waals surface area contributed by atoms with Gasteiger partial charge in [-0.25, -0.2) is 4.39 Å². The molecular formula is C24H25FN2O2. The first-order valence-corrected chi connectivity index (χ1v) is 9.98. The van der Waals surface area contributed by atoms with Crippen molar-refractivity contribution in [2.24, 2.45) is 0 Å². The van der Waals surface area contributed by atoms with Gasteiger partial charge in [-0.1, -0.05) is 18.2 Å². The van der Waals surface area contributed by atoms with Crippen molar-refractivity contribution in [1.82, 2.24) is 4.57 Å². The minimum Gasteiger partial charge on any atom is -0.497 e. The molecule has 0 radical (unpaired) electrons. The number of aromatic nitrogens is 1. The molecule has 150 valence electrons. The zero-order valence-corrected chi connectivity index (χ0v) is 16.8. The predicted octanol–water partition coefficient (Wildman–Crippen LogP) is 5.12. The fraction of sp³-hybridized carbons (Fsp3) is 0.292. The molecule has 1 N–H and O–H groups in total. The van der Waals surface area contributed by atoms with E-state index in [4.69, 9.17) is 4.74 Å². The number of anilines is 1. The topological polar surface area (TPSA) is 43.3 Å². The molecule has 0 fully saturated rings. The van der Waals surface area contributed by atoms with Gasteiger partial charge < -0.3 is 14.6 Å². The summed E-state index contributed by atoms with van der Waals surface area (Å²) in [4.78, 5) is 13.2. The van der Waals surface area contributed by atoms with E-state index in [9.17, 15) is 9.18 Å².